The molecule has 0 fully saturated rings. The lowest BCUT2D eigenvalue weighted by atomic mass is 10.2. The molecule has 132 valence electrons. The number of hydrogen-bond donors (Lipinski definition) is 1. The summed E-state index contributed by atoms with van der Waals surface area (Å²) < 4.78 is 57.8. The zero-order valence-corrected chi connectivity index (χ0v) is 14.7. The highest BCUT2D eigenvalue weighted by atomic mass is 35.5. The molecule has 0 amide bonds. The maximum atomic E-state index is 13.3. The summed E-state index contributed by atoms with van der Waals surface area (Å²) in [6.45, 7) is 1.29. The van der Waals surface area contributed by atoms with Crippen molar-refractivity contribution in [3.05, 3.63) is 58.6 Å². The molecule has 0 unspecified atom stereocenters. The van der Waals surface area contributed by atoms with E-state index in [0.29, 0.717) is 16.7 Å². The van der Waals surface area contributed by atoms with Crippen LogP contribution in [0.25, 0.3) is 0 Å². The highest BCUT2D eigenvalue weighted by Gasteiger charge is 2.16. The van der Waals surface area contributed by atoms with Crippen LogP contribution in [0.2, 0.25) is 5.02 Å². The van der Waals surface area contributed by atoms with Crippen molar-refractivity contribution in [3.8, 4) is 17.6 Å². The minimum Gasteiger partial charge on any atom is -0.478 e. The maximum absolute atomic E-state index is 13.3. The van der Waals surface area contributed by atoms with Crippen molar-refractivity contribution in [1.82, 2.24) is 4.72 Å². The summed E-state index contributed by atoms with van der Waals surface area (Å²) in [4.78, 5) is 0.0754. The van der Waals surface area contributed by atoms with E-state index >= 15 is 0 Å². The first-order chi connectivity index (χ1) is 11.8. The third kappa shape index (κ3) is 5.16. The van der Waals surface area contributed by atoms with E-state index in [4.69, 9.17) is 16.3 Å². The SMILES string of the molecule is Cc1c(Cl)cccc1S(=O)(=O)NCC#CCOc1ccc(F)cc1F. The minimum atomic E-state index is -3.74. The Morgan fingerprint density at radius 1 is 1.20 bits per heavy atom. The molecule has 0 saturated heterocycles. The fourth-order valence-corrected chi connectivity index (χ4v) is 3.33. The first kappa shape index (κ1) is 19.2. The fraction of sp³-hybridized carbons (Fsp3) is 0.176. The van der Waals surface area contributed by atoms with Crippen molar-refractivity contribution in [2.24, 2.45) is 0 Å². The van der Waals surface area contributed by atoms with Gasteiger partial charge in [0.05, 0.1) is 11.4 Å². The van der Waals surface area contributed by atoms with Gasteiger partial charge in [0.1, 0.15) is 12.4 Å². The fourth-order valence-electron chi connectivity index (χ4n) is 1.91. The highest BCUT2D eigenvalue weighted by Crippen LogP contribution is 2.22. The Labute approximate surface area is 149 Å². The van der Waals surface area contributed by atoms with Gasteiger partial charge < -0.3 is 4.74 Å². The zero-order chi connectivity index (χ0) is 18.4. The van der Waals surface area contributed by atoms with Crippen molar-refractivity contribution >= 4 is 21.6 Å². The van der Waals surface area contributed by atoms with E-state index in [0.717, 1.165) is 12.1 Å². The largest absolute Gasteiger partial charge is 0.478 e. The van der Waals surface area contributed by atoms with Gasteiger partial charge in [-0.2, -0.15) is 4.72 Å². The van der Waals surface area contributed by atoms with Crippen molar-refractivity contribution in [2.75, 3.05) is 13.2 Å². The summed E-state index contributed by atoms with van der Waals surface area (Å²) in [7, 11) is -3.74. The van der Waals surface area contributed by atoms with Crippen molar-refractivity contribution in [1.29, 1.82) is 0 Å². The van der Waals surface area contributed by atoms with Gasteiger partial charge in [0.15, 0.2) is 11.6 Å². The van der Waals surface area contributed by atoms with Crippen LogP contribution in [0.3, 0.4) is 0 Å². The van der Waals surface area contributed by atoms with E-state index in [9.17, 15) is 17.2 Å². The lowest BCUT2D eigenvalue weighted by Gasteiger charge is -2.08. The molecule has 0 spiro atoms. The van der Waals surface area contributed by atoms with Gasteiger partial charge in [0, 0.05) is 11.1 Å². The molecule has 0 aliphatic heterocycles. The molecule has 25 heavy (non-hydrogen) atoms. The van der Waals surface area contributed by atoms with E-state index in [1.807, 2.05) is 0 Å². The van der Waals surface area contributed by atoms with E-state index in [-0.39, 0.29) is 23.8 Å². The molecule has 4 nitrogen and oxygen atoms in total. The minimum absolute atomic E-state index is 0.0754. The molecule has 0 aliphatic rings. The number of hydrogen-bond acceptors (Lipinski definition) is 3. The third-order valence-corrected chi connectivity index (χ3v) is 5.13. The molecular weight excluding hydrogens is 372 g/mol. The van der Waals surface area contributed by atoms with Crippen LogP contribution in [-0.4, -0.2) is 21.6 Å². The van der Waals surface area contributed by atoms with Gasteiger partial charge in [-0.05, 0) is 36.8 Å². The van der Waals surface area contributed by atoms with Gasteiger partial charge in [-0.15, -0.1) is 0 Å². The van der Waals surface area contributed by atoms with Crippen molar-refractivity contribution in [3.63, 3.8) is 0 Å². The van der Waals surface area contributed by atoms with Crippen LogP contribution in [0.1, 0.15) is 5.56 Å². The second-order valence-corrected chi connectivity index (χ2v) is 7.05. The third-order valence-electron chi connectivity index (χ3n) is 3.18. The molecule has 0 atom stereocenters. The topological polar surface area (TPSA) is 55.4 Å². The smallest absolute Gasteiger partial charge is 0.241 e. The molecule has 0 bridgehead atoms. The summed E-state index contributed by atoms with van der Waals surface area (Å²) in [5.74, 6) is 3.42. The number of nitrogens with one attached hydrogen (secondary N) is 1. The molecule has 2 aromatic carbocycles. The second kappa shape index (κ2) is 8.30. The Kier molecular flexibility index (Phi) is 6.37. The summed E-state index contributed by atoms with van der Waals surface area (Å²) in [5.41, 5.74) is 0.444. The van der Waals surface area contributed by atoms with Gasteiger partial charge >= 0.3 is 0 Å². The first-order valence-corrected chi connectivity index (χ1v) is 8.96. The Hall–Kier alpha value is -2.14. The summed E-state index contributed by atoms with van der Waals surface area (Å²) >= 11 is 5.91. The Balaban J connectivity index is 1.90. The molecule has 1 N–H and O–H groups in total. The predicted octanol–water partition coefficient (Wildman–Crippen LogP) is 3.29. The van der Waals surface area contributed by atoms with Crippen LogP contribution in [-0.2, 0) is 10.0 Å². The molecule has 0 radical (unpaired) electrons. The average Bonchev–Trinajstić information content (AvgIpc) is 2.54. The zero-order valence-electron chi connectivity index (χ0n) is 13.1. The van der Waals surface area contributed by atoms with E-state index in [1.54, 1.807) is 19.1 Å². The monoisotopic (exact) mass is 385 g/mol. The molecule has 0 aromatic heterocycles. The van der Waals surface area contributed by atoms with E-state index in [2.05, 4.69) is 16.6 Å². The van der Waals surface area contributed by atoms with Crippen molar-refractivity contribution in [2.45, 2.75) is 11.8 Å². The van der Waals surface area contributed by atoms with Gasteiger partial charge in [-0.3, -0.25) is 0 Å². The van der Waals surface area contributed by atoms with Crippen LogP contribution in [0.5, 0.6) is 5.75 Å². The molecule has 2 aromatic rings. The van der Waals surface area contributed by atoms with Gasteiger partial charge in [0.25, 0.3) is 0 Å². The van der Waals surface area contributed by atoms with Crippen LogP contribution in [0.4, 0.5) is 8.78 Å². The number of rotatable bonds is 5. The Morgan fingerprint density at radius 3 is 2.68 bits per heavy atom. The van der Waals surface area contributed by atoms with Gasteiger partial charge in [-0.25, -0.2) is 17.2 Å². The molecule has 0 heterocycles. The first-order valence-electron chi connectivity index (χ1n) is 7.09. The lowest BCUT2D eigenvalue weighted by molar-refractivity contribution is 0.346. The van der Waals surface area contributed by atoms with Crippen LogP contribution < -0.4 is 9.46 Å². The molecule has 8 heteroatoms. The Morgan fingerprint density at radius 2 is 1.96 bits per heavy atom. The number of halogens is 3. The van der Waals surface area contributed by atoms with Crippen molar-refractivity contribution < 1.29 is 21.9 Å². The Bertz CT molecular complexity index is 937. The highest BCUT2D eigenvalue weighted by molar-refractivity contribution is 7.89. The number of benzene rings is 2. The van der Waals surface area contributed by atoms with Gasteiger partial charge in [0.2, 0.25) is 10.0 Å². The molecule has 0 aliphatic carbocycles. The van der Waals surface area contributed by atoms with E-state index in [1.165, 1.54) is 6.07 Å². The number of ether oxygens (including phenoxy) is 1. The van der Waals surface area contributed by atoms with Crippen LogP contribution >= 0.6 is 11.6 Å². The summed E-state index contributed by atoms with van der Waals surface area (Å²) in [5, 5.41) is 0.351. The normalized spacial score (nSPS) is 10.9. The molecule has 0 saturated carbocycles. The average molecular weight is 386 g/mol. The van der Waals surface area contributed by atoms with E-state index < -0.39 is 21.7 Å². The maximum Gasteiger partial charge on any atom is 0.241 e. The molecule has 2 rings (SSSR count). The number of sulfonamides is 1. The van der Waals surface area contributed by atoms with Crippen LogP contribution in [0.15, 0.2) is 41.3 Å². The van der Waals surface area contributed by atoms with Crippen LogP contribution in [0, 0.1) is 30.4 Å². The van der Waals surface area contributed by atoms with Gasteiger partial charge in [-0.1, -0.05) is 29.5 Å². The summed E-state index contributed by atoms with van der Waals surface area (Å²) in [6, 6.07) is 7.49. The standard InChI is InChI=1S/C17H14ClF2NO3S/c1-12-14(18)5-4-6-17(12)25(22,23)21-9-2-3-10-24-16-8-7-13(19)11-15(16)20/h4-8,11,21H,9-10H2,1H3. The lowest BCUT2D eigenvalue weighted by Crippen LogP contribution is -2.24. The molecular formula is C17H14ClF2NO3S. The summed E-state index contributed by atoms with van der Waals surface area (Å²) in [6.07, 6.45) is 0. The predicted molar refractivity (Wildman–Crippen MR) is 91.0 cm³/mol. The second-order valence-electron chi connectivity index (χ2n) is 4.90. The quantitative estimate of drug-likeness (QED) is 0.803.